The van der Waals surface area contributed by atoms with E-state index in [0.717, 1.165) is 145 Å². The van der Waals surface area contributed by atoms with Crippen molar-refractivity contribution in [2.24, 2.45) is 117 Å². The SMILES string of the molecule is C.C.C.C.C=C1CC[C@H](C(=O)CCCCCC/C=C/C/C=C\CCCCCN(C)C)C/C1=C\C=C1/CCC[C@@]2(C)C1CC[C@@H]2[C@H](C)/C=C/[C@H](C)C(C)C.C=C1CC[C@H](C(=O)CCCCCCCCCCN(C)C)C/C1=C\C=C1/CCC[C@@]2(C)C1CC[C@@H]2[C@H](C)/C=C/[C@H](C)C(C)C.C=C1CC[C@H](C(=O)CCCCCCCCCCN(C)C)C/C1=C\C=C1/CCC[C@@]2(C)C1CC[C@@H]2[C@H](C)CCCC(C)C. The van der Waals surface area contributed by atoms with Gasteiger partial charge in [0.05, 0.1) is 0 Å². The molecule has 6 nitrogen and oxygen atoms in total. The van der Waals surface area contributed by atoms with Crippen molar-refractivity contribution in [3.05, 3.63) is 155 Å². The summed E-state index contributed by atoms with van der Waals surface area (Å²) in [7, 11) is 12.9. The molecule has 0 aromatic heterocycles. The molecule has 0 saturated heterocycles. The van der Waals surface area contributed by atoms with E-state index in [-0.39, 0.29) is 47.5 Å². The highest BCUT2D eigenvalue weighted by Gasteiger charge is 2.53. The van der Waals surface area contributed by atoms with Gasteiger partial charge < -0.3 is 14.7 Å². The van der Waals surface area contributed by atoms with Gasteiger partial charge in [0.25, 0.3) is 0 Å². The van der Waals surface area contributed by atoms with Gasteiger partial charge in [-0.05, 0) is 402 Å². The molecule has 6 heteroatoms. The van der Waals surface area contributed by atoms with Crippen LogP contribution in [0.25, 0.3) is 0 Å². The van der Waals surface area contributed by atoms with E-state index in [4.69, 9.17) is 0 Å². The molecule has 9 saturated carbocycles. The normalized spacial score (nSPS) is 28.0. The van der Waals surface area contributed by atoms with E-state index in [1.165, 1.54) is 303 Å². The van der Waals surface area contributed by atoms with Gasteiger partial charge in [-0.2, -0.15) is 0 Å². The van der Waals surface area contributed by atoms with Gasteiger partial charge in [0.15, 0.2) is 0 Å². The number of carbonyl (C=O) groups is 3. The molecular formula is C132H231N3O3. The van der Waals surface area contributed by atoms with E-state index in [1.807, 2.05) is 0 Å². The van der Waals surface area contributed by atoms with E-state index in [9.17, 15) is 14.4 Å². The second kappa shape index (κ2) is 68.8. The Morgan fingerprint density at radius 2 is 0.623 bits per heavy atom. The molecule has 9 rings (SSSR count). The molecule has 0 aliphatic heterocycles. The summed E-state index contributed by atoms with van der Waals surface area (Å²) < 4.78 is 0. The summed E-state index contributed by atoms with van der Waals surface area (Å²) in [6.45, 7) is 51.0. The Hall–Kier alpha value is -4.49. The van der Waals surface area contributed by atoms with Crippen molar-refractivity contribution >= 4 is 17.3 Å². The second-order valence-corrected chi connectivity index (χ2v) is 48.7. The van der Waals surface area contributed by atoms with E-state index in [0.29, 0.717) is 80.9 Å². The average Bonchev–Trinajstić information content (AvgIpc) is 1.61. The van der Waals surface area contributed by atoms with Crippen LogP contribution in [0.15, 0.2) is 155 Å². The Balaban J connectivity index is 0.000000527. The standard InChI is InChI=1S/C47H77NO.C41H69NO.C40H69NO.4CH4/c1-37(2)38(3)26-27-40(5)44-32-33-45-41(24-23-34-47(44,45)6)30-31-42-36-43(29-28-39(42)4)46(49)25-21-19-17-15-13-11-9-10-12-14-16-18-20-22-35-48(7)8;1-31(2)32(3)20-21-34(5)38-26-27-39-35(18-17-28-41(38,39)6)24-25-36-30-37(23-22-33(36)4)40(43)19-15-13-11-9-10-12-14-16-29-42(7)8;1-31(2)18-16-19-33(4)37-26-27-38-34(20-17-28-40(37,38)5)24-25-35-30-36(23-22-32(35)3)39(42)21-14-12-10-8-9-11-13-15-29-41(6)7;;;;/h9,11-12,14,26-27,30-31,37-38,40,43-45H,4,10,13,15-25,28-29,32-36H2,1-3,5-8H3;20-21,24-25,31-32,34,37-39H,4,9-19,22-23,26-30H2,1-3,5-8H3;24-25,31,33,36-38H,3,8-23,26-30H2,1-2,4-7H3;4*1H4/b11-9+,14-12-,27-26+,41-30+,42-31+;21-20+,35-24+,36-25+;34-24+,35-25+;;;;/t38-,40+,43-,44+,45?,47+;32-,34+,37-,38+,39?,41+;33-,36+,37-,38?,40-;;;;/m001..../s1. The third-order valence-electron chi connectivity index (χ3n) is 36.2. The number of rotatable bonds is 56. The third-order valence-corrected chi connectivity index (χ3v) is 36.2. The first-order valence-electron chi connectivity index (χ1n) is 57.6. The number of hydrogen-bond acceptors (Lipinski definition) is 6. The molecule has 0 heterocycles. The number of carbonyl (C=O) groups excluding carboxylic acids is 3. The Kier molecular flexibility index (Phi) is 63.6. The van der Waals surface area contributed by atoms with Gasteiger partial charge in [-0.15, -0.1) is 0 Å². The topological polar surface area (TPSA) is 60.9 Å². The molecule has 0 radical (unpaired) electrons. The first-order valence-corrected chi connectivity index (χ1v) is 57.6. The molecule has 3 unspecified atom stereocenters. The molecule has 0 spiro atoms. The van der Waals surface area contributed by atoms with Crippen LogP contribution in [-0.2, 0) is 14.4 Å². The van der Waals surface area contributed by atoms with Crippen molar-refractivity contribution in [3.8, 4) is 0 Å². The minimum absolute atomic E-state index is 0. The summed E-state index contributed by atoms with van der Waals surface area (Å²) in [6.07, 6.45) is 102. The molecule has 9 fully saturated rings. The smallest absolute Gasteiger partial charge is 0.136 e. The lowest BCUT2D eigenvalue weighted by molar-refractivity contribution is -0.124. The highest BCUT2D eigenvalue weighted by atomic mass is 16.1. The molecule has 0 bridgehead atoms. The summed E-state index contributed by atoms with van der Waals surface area (Å²) in [5.41, 5.74) is 14.2. The highest BCUT2D eigenvalue weighted by Crippen LogP contribution is 2.63. The largest absolute Gasteiger partial charge is 0.309 e. The predicted octanol–water partition coefficient (Wildman–Crippen LogP) is 39.0. The molecule has 17 atom stereocenters. The maximum atomic E-state index is 13.2. The first-order chi connectivity index (χ1) is 64.2. The van der Waals surface area contributed by atoms with Gasteiger partial charge in [-0.1, -0.05) is 380 Å². The number of ketones is 3. The van der Waals surface area contributed by atoms with Crippen molar-refractivity contribution in [2.45, 2.75) is 486 Å². The fraction of sp³-hybridized carbons (Fsp3) is 0.780. The Morgan fingerprint density at radius 3 is 0.935 bits per heavy atom. The van der Waals surface area contributed by atoms with E-state index in [1.54, 1.807) is 16.7 Å². The fourth-order valence-corrected chi connectivity index (χ4v) is 26.5. The van der Waals surface area contributed by atoms with Crippen LogP contribution in [0.3, 0.4) is 0 Å². The van der Waals surface area contributed by atoms with Gasteiger partial charge >= 0.3 is 0 Å². The minimum atomic E-state index is 0. The van der Waals surface area contributed by atoms with Crippen LogP contribution in [-0.4, -0.2) is 94.0 Å². The molecule has 0 N–H and O–H groups in total. The fourth-order valence-electron chi connectivity index (χ4n) is 26.5. The zero-order valence-corrected chi connectivity index (χ0v) is 91.8. The maximum Gasteiger partial charge on any atom is 0.136 e. The van der Waals surface area contributed by atoms with Gasteiger partial charge in [0.2, 0.25) is 0 Å². The first kappa shape index (κ1) is 128. The molecule has 0 aromatic rings. The van der Waals surface area contributed by atoms with Crippen LogP contribution in [0, 0.1) is 117 Å². The maximum absolute atomic E-state index is 13.2. The summed E-state index contributed by atoms with van der Waals surface area (Å²) >= 11 is 0. The molecule has 9 aliphatic carbocycles. The van der Waals surface area contributed by atoms with Crippen molar-refractivity contribution in [1.82, 2.24) is 14.7 Å². The summed E-state index contributed by atoms with van der Waals surface area (Å²) in [5, 5.41) is 0. The van der Waals surface area contributed by atoms with Gasteiger partial charge in [0, 0.05) is 37.0 Å². The molecule has 0 amide bonds. The van der Waals surface area contributed by atoms with Crippen LogP contribution < -0.4 is 0 Å². The number of unbranched alkanes of at least 4 members (excludes halogenated alkanes) is 21. The second-order valence-electron chi connectivity index (χ2n) is 48.7. The van der Waals surface area contributed by atoms with Crippen LogP contribution in [0.2, 0.25) is 0 Å². The number of allylic oxidation sites excluding steroid dienone is 23. The summed E-state index contributed by atoms with van der Waals surface area (Å²) in [6, 6.07) is 0. The van der Waals surface area contributed by atoms with Crippen LogP contribution in [0.4, 0.5) is 0 Å². The van der Waals surface area contributed by atoms with Crippen molar-refractivity contribution in [2.75, 3.05) is 61.9 Å². The van der Waals surface area contributed by atoms with E-state index in [2.05, 4.69) is 259 Å². The van der Waals surface area contributed by atoms with Gasteiger partial charge in [0.1, 0.15) is 17.3 Å². The molecule has 792 valence electrons. The quantitative estimate of drug-likeness (QED) is 0.0447. The lowest BCUT2D eigenvalue weighted by atomic mass is 9.60. The Labute approximate surface area is 860 Å². The number of fused-ring (bicyclic) bond motifs is 3. The van der Waals surface area contributed by atoms with Crippen molar-refractivity contribution in [1.29, 1.82) is 0 Å². The predicted molar refractivity (Wildman–Crippen MR) is 615 cm³/mol. The van der Waals surface area contributed by atoms with Crippen LogP contribution in [0.5, 0.6) is 0 Å². The van der Waals surface area contributed by atoms with Gasteiger partial charge in [-0.3, -0.25) is 14.4 Å². The molecular weight excluding hydrogens is 1680 g/mol. The van der Waals surface area contributed by atoms with E-state index < -0.39 is 0 Å². The zero-order valence-electron chi connectivity index (χ0n) is 91.8. The van der Waals surface area contributed by atoms with Crippen molar-refractivity contribution < 1.29 is 14.4 Å². The van der Waals surface area contributed by atoms with Gasteiger partial charge in [-0.25, -0.2) is 0 Å². The Bertz CT molecular complexity index is 3770. The lowest BCUT2D eigenvalue weighted by Crippen LogP contribution is -2.36. The highest BCUT2D eigenvalue weighted by molar-refractivity contribution is 5.83. The van der Waals surface area contributed by atoms with E-state index >= 15 is 0 Å². The van der Waals surface area contributed by atoms with Crippen LogP contribution in [0.1, 0.15) is 486 Å². The summed E-state index contributed by atoms with van der Waals surface area (Å²) in [4.78, 5) is 46.4. The molecule has 9 aliphatic rings. The van der Waals surface area contributed by atoms with Crippen LogP contribution >= 0.6 is 0 Å². The number of nitrogens with zero attached hydrogens (tertiary/aromatic N) is 3. The number of Topliss-reactive ketones (excluding diaryl/α,β-unsaturated/α-hetero) is 3. The minimum Gasteiger partial charge on any atom is -0.309 e. The molecule has 0 aromatic carbocycles. The zero-order chi connectivity index (χ0) is 97.6. The molecule has 138 heavy (non-hydrogen) atoms. The summed E-state index contributed by atoms with van der Waals surface area (Å²) in [5.74, 6) is 12.4. The van der Waals surface area contributed by atoms with Crippen molar-refractivity contribution in [3.63, 3.8) is 0 Å². The lowest BCUT2D eigenvalue weighted by Gasteiger charge is -2.44. The average molecular weight is 1910 g/mol. The monoisotopic (exact) mass is 1910 g/mol. The number of hydrogen-bond donors (Lipinski definition) is 0. The Morgan fingerprint density at radius 1 is 0.333 bits per heavy atom. The third kappa shape index (κ3) is 43.7.